The lowest BCUT2D eigenvalue weighted by Crippen LogP contribution is -1.89. The molecule has 0 fully saturated rings. The fourth-order valence-corrected chi connectivity index (χ4v) is 2.57. The number of methoxy groups -OCH3 is 2. The molecule has 0 aliphatic heterocycles. The van der Waals surface area contributed by atoms with Gasteiger partial charge < -0.3 is 9.47 Å². The van der Waals surface area contributed by atoms with Gasteiger partial charge in [-0.25, -0.2) is 0 Å². The zero-order chi connectivity index (χ0) is 14.1. The summed E-state index contributed by atoms with van der Waals surface area (Å²) in [5.74, 6) is 1.63. The summed E-state index contributed by atoms with van der Waals surface area (Å²) in [6.45, 7) is 10.1. The first-order chi connectivity index (χ1) is 8.76. The minimum Gasteiger partial charge on any atom is -0.493 e. The molecule has 0 amide bonds. The van der Waals surface area contributed by atoms with Crippen LogP contribution in [0.5, 0.6) is 11.5 Å². The Morgan fingerprint density at radius 2 is 1.56 bits per heavy atom. The van der Waals surface area contributed by atoms with Crippen molar-refractivity contribution in [2.24, 2.45) is 0 Å². The normalized spacial score (nSPS) is 8.83. The van der Waals surface area contributed by atoms with Crippen LogP contribution in [0.15, 0.2) is 18.2 Å². The molecule has 3 heteroatoms. The molecule has 0 saturated heterocycles. The van der Waals surface area contributed by atoms with E-state index in [2.05, 4.69) is 19.1 Å². The highest BCUT2D eigenvalue weighted by atomic mass is 32.1. The number of fused-ring (bicyclic) bond motifs is 1. The fourth-order valence-electron chi connectivity index (χ4n) is 1.54. The molecule has 0 aliphatic carbocycles. The number of hydrogen-bond acceptors (Lipinski definition) is 3. The lowest BCUT2D eigenvalue weighted by Gasteiger charge is -2.07. The average Bonchev–Trinajstić information content (AvgIpc) is 2.82. The molecule has 1 aromatic heterocycles. The van der Waals surface area contributed by atoms with Crippen LogP contribution in [-0.4, -0.2) is 14.2 Å². The third kappa shape index (κ3) is 3.64. The molecule has 2 rings (SSSR count). The van der Waals surface area contributed by atoms with Crippen LogP contribution >= 0.6 is 11.3 Å². The Labute approximate surface area is 115 Å². The second kappa shape index (κ2) is 8.81. The quantitative estimate of drug-likeness (QED) is 0.737. The second-order valence-electron chi connectivity index (χ2n) is 3.08. The summed E-state index contributed by atoms with van der Waals surface area (Å²) < 4.78 is 11.7. The van der Waals surface area contributed by atoms with Crippen molar-refractivity contribution in [3.63, 3.8) is 0 Å². The van der Waals surface area contributed by atoms with E-state index in [0.29, 0.717) is 0 Å². The molecule has 0 N–H and O–H groups in total. The van der Waals surface area contributed by atoms with E-state index in [1.165, 1.54) is 10.3 Å². The van der Waals surface area contributed by atoms with Gasteiger partial charge in [0.1, 0.15) is 0 Å². The molecule has 2 nitrogen and oxygen atoms in total. The molecule has 0 atom stereocenters. The van der Waals surface area contributed by atoms with Crippen LogP contribution in [0.1, 0.15) is 32.6 Å². The molecular weight excluding hydrogens is 244 g/mol. The van der Waals surface area contributed by atoms with Crippen molar-refractivity contribution in [2.75, 3.05) is 14.2 Å². The summed E-state index contributed by atoms with van der Waals surface area (Å²) in [6, 6.07) is 6.15. The third-order valence-corrected chi connectivity index (χ3v) is 3.22. The van der Waals surface area contributed by atoms with Crippen LogP contribution in [0.4, 0.5) is 0 Å². The Bertz CT molecular complexity index is 461. The van der Waals surface area contributed by atoms with E-state index in [1.807, 2.05) is 33.8 Å². The highest BCUT2D eigenvalue weighted by molar-refractivity contribution is 7.19. The minimum atomic E-state index is 0.793. The van der Waals surface area contributed by atoms with Gasteiger partial charge in [0.25, 0.3) is 0 Å². The summed E-state index contributed by atoms with van der Waals surface area (Å²) in [7, 11) is 3.33. The van der Waals surface area contributed by atoms with Crippen molar-refractivity contribution in [2.45, 2.75) is 34.6 Å². The smallest absolute Gasteiger partial charge is 0.178 e. The third-order valence-electron chi connectivity index (χ3n) is 2.15. The van der Waals surface area contributed by atoms with Crippen LogP contribution in [-0.2, 0) is 0 Å². The van der Waals surface area contributed by atoms with Crippen LogP contribution < -0.4 is 9.47 Å². The molecule has 0 aliphatic rings. The maximum atomic E-state index is 5.35. The van der Waals surface area contributed by atoms with E-state index in [0.717, 1.165) is 16.2 Å². The van der Waals surface area contributed by atoms with Gasteiger partial charge in [-0.3, -0.25) is 0 Å². The van der Waals surface area contributed by atoms with Gasteiger partial charge in [0.15, 0.2) is 11.5 Å². The molecule has 1 heterocycles. The SMILES string of the molecule is CC.CC.COc1ccc2cc(C)sc2c1OC. The van der Waals surface area contributed by atoms with Gasteiger partial charge >= 0.3 is 0 Å². The largest absolute Gasteiger partial charge is 0.493 e. The van der Waals surface area contributed by atoms with Gasteiger partial charge in [-0.15, -0.1) is 11.3 Å². The van der Waals surface area contributed by atoms with E-state index in [1.54, 1.807) is 25.6 Å². The topological polar surface area (TPSA) is 18.5 Å². The Morgan fingerprint density at radius 3 is 2.06 bits per heavy atom. The van der Waals surface area contributed by atoms with Gasteiger partial charge in [0, 0.05) is 4.88 Å². The zero-order valence-corrected chi connectivity index (χ0v) is 13.3. The number of rotatable bonds is 2. The maximum absolute atomic E-state index is 5.35. The van der Waals surface area contributed by atoms with Crippen LogP contribution in [0.3, 0.4) is 0 Å². The fraction of sp³-hybridized carbons (Fsp3) is 0.467. The molecule has 0 bridgehead atoms. The van der Waals surface area contributed by atoms with E-state index < -0.39 is 0 Å². The summed E-state index contributed by atoms with van der Waals surface area (Å²) in [6.07, 6.45) is 0. The molecule has 102 valence electrons. The number of hydrogen-bond donors (Lipinski definition) is 0. The number of thiophene rings is 1. The Kier molecular flexibility index (Phi) is 8.21. The van der Waals surface area contributed by atoms with Crippen molar-refractivity contribution in [1.29, 1.82) is 0 Å². The van der Waals surface area contributed by atoms with Gasteiger partial charge in [-0.05, 0) is 30.5 Å². The summed E-state index contributed by atoms with van der Waals surface area (Å²) in [5, 5.41) is 1.21. The molecule has 0 spiro atoms. The summed E-state index contributed by atoms with van der Waals surface area (Å²) >= 11 is 1.73. The van der Waals surface area contributed by atoms with Crippen LogP contribution in [0.25, 0.3) is 10.1 Å². The molecular formula is C15H24O2S. The molecule has 0 saturated carbocycles. The monoisotopic (exact) mass is 268 g/mol. The highest BCUT2D eigenvalue weighted by Crippen LogP contribution is 2.39. The first-order valence-corrected chi connectivity index (χ1v) is 7.19. The molecule has 0 radical (unpaired) electrons. The van der Waals surface area contributed by atoms with E-state index in [9.17, 15) is 0 Å². The van der Waals surface area contributed by atoms with E-state index >= 15 is 0 Å². The van der Waals surface area contributed by atoms with Gasteiger partial charge in [-0.1, -0.05) is 27.7 Å². The standard InChI is InChI=1S/C11H12O2S.2C2H6/c1-7-6-8-4-5-9(12-2)10(13-3)11(8)14-7;2*1-2/h4-6H,1-3H3;2*1-2H3. The number of benzene rings is 1. The minimum absolute atomic E-state index is 0.793. The highest BCUT2D eigenvalue weighted by Gasteiger charge is 2.10. The van der Waals surface area contributed by atoms with Gasteiger partial charge in [-0.2, -0.15) is 0 Å². The molecule has 2 aromatic rings. The number of ether oxygens (including phenoxy) is 2. The van der Waals surface area contributed by atoms with Crippen molar-refractivity contribution < 1.29 is 9.47 Å². The van der Waals surface area contributed by atoms with Crippen molar-refractivity contribution in [3.8, 4) is 11.5 Å². The van der Waals surface area contributed by atoms with Crippen molar-refractivity contribution >= 4 is 21.4 Å². The van der Waals surface area contributed by atoms with Crippen LogP contribution in [0, 0.1) is 6.92 Å². The molecule has 18 heavy (non-hydrogen) atoms. The Morgan fingerprint density at radius 1 is 0.944 bits per heavy atom. The number of aryl methyl sites for hydroxylation is 1. The van der Waals surface area contributed by atoms with Gasteiger partial charge in [0.2, 0.25) is 0 Å². The molecule has 1 aromatic carbocycles. The van der Waals surface area contributed by atoms with Crippen molar-refractivity contribution in [1.82, 2.24) is 0 Å². The lowest BCUT2D eigenvalue weighted by molar-refractivity contribution is 0.359. The van der Waals surface area contributed by atoms with Gasteiger partial charge in [0.05, 0.1) is 18.9 Å². The molecule has 0 unspecified atom stereocenters. The predicted octanol–water partition coefficient (Wildman–Crippen LogP) is 5.28. The maximum Gasteiger partial charge on any atom is 0.178 e. The lowest BCUT2D eigenvalue weighted by atomic mass is 10.2. The Balaban J connectivity index is 0.000000659. The van der Waals surface area contributed by atoms with Crippen molar-refractivity contribution in [3.05, 3.63) is 23.1 Å². The predicted molar refractivity (Wildman–Crippen MR) is 82.4 cm³/mol. The average molecular weight is 268 g/mol. The second-order valence-corrected chi connectivity index (χ2v) is 4.33. The zero-order valence-electron chi connectivity index (χ0n) is 12.5. The van der Waals surface area contributed by atoms with E-state index in [-0.39, 0.29) is 0 Å². The summed E-state index contributed by atoms with van der Waals surface area (Å²) in [5.41, 5.74) is 0. The van der Waals surface area contributed by atoms with E-state index in [4.69, 9.17) is 9.47 Å². The first kappa shape index (κ1) is 16.8. The Hall–Kier alpha value is -1.22. The summed E-state index contributed by atoms with van der Waals surface area (Å²) in [4.78, 5) is 1.28. The van der Waals surface area contributed by atoms with Crippen LogP contribution in [0.2, 0.25) is 0 Å². The first-order valence-electron chi connectivity index (χ1n) is 6.37.